The Balaban J connectivity index is -0.0000000368. The van der Waals surface area contributed by atoms with Gasteiger partial charge in [-0.3, -0.25) is 0 Å². The SMILES string of the molecule is CCO.CCO.C[C-](C)C.[Cl][Ti+]. The molecule has 0 aliphatic carbocycles. The molecule has 0 saturated heterocycles. The van der Waals surface area contributed by atoms with Gasteiger partial charge in [0.2, 0.25) is 0 Å². The fourth-order valence-electron chi connectivity index (χ4n) is 0. The molecule has 0 aromatic carbocycles. The van der Waals surface area contributed by atoms with Gasteiger partial charge in [0, 0.05) is 13.2 Å². The molecule has 0 fully saturated rings. The van der Waals surface area contributed by atoms with E-state index in [9.17, 15) is 0 Å². The van der Waals surface area contributed by atoms with Crippen LogP contribution in [0.2, 0.25) is 0 Å². The Morgan fingerprint density at radius 2 is 1.00 bits per heavy atom. The van der Waals surface area contributed by atoms with Gasteiger partial charge >= 0.3 is 28.7 Å². The van der Waals surface area contributed by atoms with Gasteiger partial charge in [-0.2, -0.15) is 20.8 Å². The minimum atomic E-state index is 0.250. The van der Waals surface area contributed by atoms with E-state index in [0.717, 1.165) is 0 Å². The Morgan fingerprint density at radius 3 is 1.00 bits per heavy atom. The first-order valence-corrected chi connectivity index (χ1v) is 5.88. The monoisotopic (exact) mass is 232 g/mol. The van der Waals surface area contributed by atoms with Gasteiger partial charge in [-0.15, -0.1) is 0 Å². The first kappa shape index (κ1) is 23.1. The summed E-state index contributed by atoms with van der Waals surface area (Å²) in [5, 5.41) is 15.1. The zero-order valence-corrected chi connectivity index (χ0v) is 11.0. The average molecular weight is 233 g/mol. The second kappa shape index (κ2) is 40.5. The van der Waals surface area contributed by atoms with Gasteiger partial charge in [0.15, 0.2) is 0 Å². The van der Waals surface area contributed by atoms with Crippen molar-refractivity contribution in [3.05, 3.63) is 5.92 Å². The van der Waals surface area contributed by atoms with Crippen LogP contribution in [0.1, 0.15) is 34.6 Å². The van der Waals surface area contributed by atoms with E-state index in [1.165, 1.54) is 25.3 Å². The predicted molar refractivity (Wildman–Crippen MR) is 51.6 cm³/mol. The molecule has 4 heteroatoms. The van der Waals surface area contributed by atoms with Crippen molar-refractivity contribution in [3.8, 4) is 0 Å². The normalized spacial score (nSPS) is 6.33. The number of halogens is 1. The molecular weight excluding hydrogens is 211 g/mol. The van der Waals surface area contributed by atoms with Crippen LogP contribution >= 0.6 is 9.30 Å². The predicted octanol–water partition coefficient (Wildman–Crippen LogP) is 2.30. The second-order valence-corrected chi connectivity index (χ2v) is 2.13. The van der Waals surface area contributed by atoms with E-state index in [4.69, 9.17) is 10.2 Å². The maximum atomic E-state index is 7.57. The summed E-state index contributed by atoms with van der Waals surface area (Å²) in [6.07, 6.45) is 0. The molecule has 0 bridgehead atoms. The average Bonchev–Trinajstić information content (AvgIpc) is 1.92. The number of hydrogen-bond acceptors (Lipinski definition) is 2. The summed E-state index contributed by atoms with van der Waals surface area (Å²) in [6, 6.07) is 0. The number of hydrogen-bond donors (Lipinski definition) is 2. The molecule has 2 nitrogen and oxygen atoms in total. The van der Waals surface area contributed by atoms with Crippen molar-refractivity contribution < 1.29 is 29.6 Å². The van der Waals surface area contributed by atoms with Gasteiger partial charge in [0.25, 0.3) is 0 Å². The molecule has 0 aromatic rings. The third-order valence-electron chi connectivity index (χ3n) is 0. The Labute approximate surface area is 92.6 Å². The Bertz CT molecular complexity index is 33.5. The van der Waals surface area contributed by atoms with Crippen molar-refractivity contribution in [2.75, 3.05) is 13.2 Å². The van der Waals surface area contributed by atoms with Crippen molar-refractivity contribution in [2.24, 2.45) is 0 Å². The van der Waals surface area contributed by atoms with Crippen LogP contribution in [-0.4, -0.2) is 23.4 Å². The van der Waals surface area contributed by atoms with Crippen LogP contribution in [0, 0.1) is 5.92 Å². The number of rotatable bonds is 0. The summed E-state index contributed by atoms with van der Waals surface area (Å²) in [4.78, 5) is 0. The van der Waals surface area contributed by atoms with Crippen molar-refractivity contribution in [3.63, 3.8) is 0 Å². The second-order valence-electron chi connectivity index (χ2n) is 2.13. The molecule has 0 rings (SSSR count). The standard InChI is InChI=1S/C4H9.2C2H6O.ClH.Ti/c1-4(2)3;2*1-2-3;;/h1-3H3;2*3H,2H2,1H3;1H;/q-1;;;;+2/p-1. The van der Waals surface area contributed by atoms with Crippen LogP contribution in [-0.2, 0) is 19.4 Å². The summed E-state index contributed by atoms with van der Waals surface area (Å²) < 4.78 is 0. The Hall–Kier alpha value is 0.924. The Kier molecular flexibility index (Phi) is 78.0. The topological polar surface area (TPSA) is 40.5 Å². The van der Waals surface area contributed by atoms with Crippen LogP contribution in [0.15, 0.2) is 0 Å². The third kappa shape index (κ3) is 1260. The molecule has 0 radical (unpaired) electrons. The molecule has 0 atom stereocenters. The van der Waals surface area contributed by atoms with Gasteiger partial charge in [0.05, 0.1) is 0 Å². The van der Waals surface area contributed by atoms with Crippen LogP contribution in [0.4, 0.5) is 0 Å². The van der Waals surface area contributed by atoms with Crippen LogP contribution in [0.5, 0.6) is 0 Å². The van der Waals surface area contributed by atoms with Crippen molar-refractivity contribution in [1.29, 1.82) is 0 Å². The van der Waals surface area contributed by atoms with Gasteiger partial charge in [-0.25, -0.2) is 0 Å². The summed E-state index contributed by atoms with van der Waals surface area (Å²) in [5.74, 6) is 1.42. The van der Waals surface area contributed by atoms with Gasteiger partial charge in [-0.05, 0) is 13.8 Å². The van der Waals surface area contributed by atoms with Gasteiger partial charge in [-0.1, -0.05) is 0 Å². The third-order valence-corrected chi connectivity index (χ3v) is 0. The summed E-state index contributed by atoms with van der Waals surface area (Å²) in [5.41, 5.74) is 0. The van der Waals surface area contributed by atoms with E-state index in [2.05, 4.69) is 30.1 Å². The number of aliphatic hydroxyl groups is 2. The molecule has 12 heavy (non-hydrogen) atoms. The summed E-state index contributed by atoms with van der Waals surface area (Å²) in [7, 11) is 4.64. The zero-order valence-electron chi connectivity index (χ0n) is 8.69. The van der Waals surface area contributed by atoms with E-state index >= 15 is 0 Å². The molecule has 0 aromatic heterocycles. The Morgan fingerprint density at radius 1 is 1.00 bits per heavy atom. The molecular formula is C8H21ClO2Ti. The molecule has 2 N–H and O–H groups in total. The van der Waals surface area contributed by atoms with E-state index in [1.807, 2.05) is 0 Å². The molecule has 0 aliphatic rings. The quantitative estimate of drug-likeness (QED) is 0.497. The van der Waals surface area contributed by atoms with Crippen molar-refractivity contribution in [2.45, 2.75) is 34.6 Å². The molecule has 0 heterocycles. The molecule has 0 spiro atoms. The van der Waals surface area contributed by atoms with E-state index < -0.39 is 0 Å². The molecule has 76 valence electrons. The van der Waals surface area contributed by atoms with E-state index in [1.54, 1.807) is 13.8 Å². The summed E-state index contributed by atoms with van der Waals surface area (Å²) in [6.45, 7) is 10.1. The van der Waals surface area contributed by atoms with E-state index in [0.29, 0.717) is 0 Å². The van der Waals surface area contributed by atoms with Crippen molar-refractivity contribution >= 4 is 9.30 Å². The number of aliphatic hydroxyl groups excluding tert-OH is 2. The van der Waals surface area contributed by atoms with Crippen LogP contribution in [0.25, 0.3) is 0 Å². The first-order chi connectivity index (χ1) is 5.56. The minimum absolute atomic E-state index is 0.250. The van der Waals surface area contributed by atoms with Gasteiger partial charge < -0.3 is 16.1 Å². The molecule has 0 unspecified atom stereocenters. The fraction of sp³-hybridized carbons (Fsp3) is 0.875. The van der Waals surface area contributed by atoms with Gasteiger partial charge in [0.1, 0.15) is 0 Å². The molecule has 0 amide bonds. The maximum absolute atomic E-state index is 7.57. The molecule has 0 aliphatic heterocycles. The van der Waals surface area contributed by atoms with Crippen molar-refractivity contribution in [1.82, 2.24) is 0 Å². The zero-order chi connectivity index (χ0) is 11.0. The van der Waals surface area contributed by atoms with E-state index in [-0.39, 0.29) is 13.2 Å². The van der Waals surface area contributed by atoms with Crippen LogP contribution < -0.4 is 0 Å². The van der Waals surface area contributed by atoms with Crippen LogP contribution in [0.3, 0.4) is 0 Å². The first-order valence-electron chi connectivity index (χ1n) is 3.74. The molecule has 0 saturated carbocycles. The summed E-state index contributed by atoms with van der Waals surface area (Å²) >= 11 is 1.47. The fourth-order valence-corrected chi connectivity index (χ4v) is 0.